The van der Waals surface area contributed by atoms with Gasteiger partial charge in [0, 0.05) is 6.54 Å². The van der Waals surface area contributed by atoms with Crippen molar-refractivity contribution in [3.05, 3.63) is 53.6 Å². The lowest BCUT2D eigenvalue weighted by atomic mass is 10.0. The normalized spacial score (nSPS) is 14.3. The lowest BCUT2D eigenvalue weighted by Gasteiger charge is -2.31. The molecule has 0 fully saturated rings. The molecule has 0 saturated heterocycles. The van der Waals surface area contributed by atoms with Crippen LogP contribution in [-0.4, -0.2) is 36.2 Å². The fraction of sp³-hybridized carbons (Fsp3) is 0.400. The highest BCUT2D eigenvalue weighted by Gasteiger charge is 2.27. The number of sulfonamides is 2. The van der Waals surface area contributed by atoms with Crippen LogP contribution in [0.25, 0.3) is 0 Å². The summed E-state index contributed by atoms with van der Waals surface area (Å²) in [6, 6.07) is 11.9. The first-order valence-electron chi connectivity index (χ1n) is 9.51. The highest BCUT2D eigenvalue weighted by atomic mass is 32.2. The number of nitrogens with zero attached hydrogens (tertiary/aromatic N) is 1. The fourth-order valence-corrected chi connectivity index (χ4v) is 6.22. The predicted octanol–water partition coefficient (Wildman–Crippen LogP) is 3.13. The Kier molecular flexibility index (Phi) is 6.38. The second-order valence-corrected chi connectivity index (χ2v) is 10.8. The molecule has 7 nitrogen and oxygen atoms in total. The molecular weight excluding hydrogens is 412 g/mol. The standard InChI is InChI=1S/C20H26N2O5S2/c1-3-13-29(25,26)22-12-4-5-17-8-9-18(14-20(17)22)21-28(23,24)15-16-6-10-19(27-2)11-7-16/h6-11,14,21H,3-5,12-13,15H2,1-2H3. The minimum absolute atomic E-state index is 0.0693. The SMILES string of the molecule is CCCS(=O)(=O)N1CCCc2ccc(NS(=O)(=O)Cc3ccc(OC)cc3)cc21. The molecule has 29 heavy (non-hydrogen) atoms. The van der Waals surface area contributed by atoms with Crippen molar-refractivity contribution in [3.8, 4) is 5.75 Å². The molecule has 1 aliphatic heterocycles. The second kappa shape index (κ2) is 8.62. The Morgan fingerprint density at radius 2 is 1.79 bits per heavy atom. The predicted molar refractivity (Wildman–Crippen MR) is 115 cm³/mol. The van der Waals surface area contributed by atoms with Gasteiger partial charge in [0.2, 0.25) is 20.0 Å². The van der Waals surface area contributed by atoms with E-state index in [2.05, 4.69) is 4.72 Å². The number of rotatable bonds is 8. The quantitative estimate of drug-likeness (QED) is 0.684. The van der Waals surface area contributed by atoms with Crippen LogP contribution in [0.5, 0.6) is 5.75 Å². The molecule has 1 heterocycles. The summed E-state index contributed by atoms with van der Waals surface area (Å²) < 4.78 is 59.5. The zero-order valence-electron chi connectivity index (χ0n) is 16.6. The number of ether oxygens (including phenoxy) is 1. The number of anilines is 2. The third-order valence-corrected chi connectivity index (χ3v) is 7.98. The van der Waals surface area contributed by atoms with Crippen LogP contribution in [-0.2, 0) is 32.2 Å². The monoisotopic (exact) mass is 438 g/mol. The smallest absolute Gasteiger partial charge is 0.236 e. The van der Waals surface area contributed by atoms with E-state index in [-0.39, 0.29) is 11.5 Å². The van der Waals surface area contributed by atoms with Gasteiger partial charge in [-0.25, -0.2) is 16.8 Å². The molecule has 0 atom stereocenters. The molecular formula is C20H26N2O5S2. The topological polar surface area (TPSA) is 92.8 Å². The Morgan fingerprint density at radius 1 is 1.07 bits per heavy atom. The molecule has 3 rings (SSSR count). The maximum absolute atomic E-state index is 12.6. The van der Waals surface area contributed by atoms with Crippen LogP contribution in [0.4, 0.5) is 11.4 Å². The molecule has 0 aliphatic carbocycles. The van der Waals surface area contributed by atoms with Gasteiger partial charge in [0.15, 0.2) is 0 Å². The number of fused-ring (bicyclic) bond motifs is 1. The van der Waals surface area contributed by atoms with E-state index in [0.717, 1.165) is 18.4 Å². The first kappa shape index (κ1) is 21.4. The van der Waals surface area contributed by atoms with Gasteiger partial charge < -0.3 is 4.74 Å². The van der Waals surface area contributed by atoms with Crippen molar-refractivity contribution in [2.45, 2.75) is 31.9 Å². The maximum atomic E-state index is 12.6. The molecule has 0 radical (unpaired) electrons. The summed E-state index contributed by atoms with van der Waals surface area (Å²) in [6.07, 6.45) is 2.05. The minimum atomic E-state index is -3.66. The van der Waals surface area contributed by atoms with Gasteiger partial charge in [0.25, 0.3) is 0 Å². The van der Waals surface area contributed by atoms with Gasteiger partial charge in [-0.15, -0.1) is 0 Å². The number of benzene rings is 2. The summed E-state index contributed by atoms with van der Waals surface area (Å²) >= 11 is 0. The van der Waals surface area contributed by atoms with Gasteiger partial charge in [-0.05, 0) is 54.7 Å². The molecule has 158 valence electrons. The second-order valence-electron chi connectivity index (χ2n) is 7.04. The summed E-state index contributed by atoms with van der Waals surface area (Å²) in [7, 11) is -5.52. The lowest BCUT2D eigenvalue weighted by molar-refractivity contribution is 0.414. The number of hydrogen-bond acceptors (Lipinski definition) is 5. The molecule has 0 unspecified atom stereocenters. The first-order valence-corrected chi connectivity index (χ1v) is 12.8. The van der Waals surface area contributed by atoms with Crippen LogP contribution in [0.3, 0.4) is 0 Å². The van der Waals surface area contributed by atoms with E-state index in [0.29, 0.717) is 35.7 Å². The molecule has 0 amide bonds. The van der Waals surface area contributed by atoms with Gasteiger partial charge in [0.1, 0.15) is 5.75 Å². The van der Waals surface area contributed by atoms with E-state index in [1.165, 1.54) is 4.31 Å². The van der Waals surface area contributed by atoms with Gasteiger partial charge >= 0.3 is 0 Å². The lowest BCUT2D eigenvalue weighted by Crippen LogP contribution is -2.37. The summed E-state index contributed by atoms with van der Waals surface area (Å²) in [5.74, 6) is 0.536. The van der Waals surface area contributed by atoms with Crippen LogP contribution in [0, 0.1) is 0 Å². The van der Waals surface area contributed by atoms with Crippen LogP contribution in [0.1, 0.15) is 30.9 Å². The molecule has 2 aromatic carbocycles. The van der Waals surface area contributed by atoms with Crippen LogP contribution in [0.2, 0.25) is 0 Å². The van der Waals surface area contributed by atoms with Crippen molar-refractivity contribution >= 4 is 31.4 Å². The average Bonchev–Trinajstić information content (AvgIpc) is 2.67. The molecule has 1 aliphatic rings. The van der Waals surface area contributed by atoms with E-state index in [9.17, 15) is 16.8 Å². The van der Waals surface area contributed by atoms with Crippen molar-refractivity contribution in [1.29, 1.82) is 0 Å². The van der Waals surface area contributed by atoms with E-state index in [1.54, 1.807) is 49.6 Å². The van der Waals surface area contributed by atoms with E-state index < -0.39 is 20.0 Å². The van der Waals surface area contributed by atoms with Crippen molar-refractivity contribution < 1.29 is 21.6 Å². The van der Waals surface area contributed by atoms with E-state index in [4.69, 9.17) is 4.74 Å². The fourth-order valence-electron chi connectivity index (χ4n) is 3.42. The summed E-state index contributed by atoms with van der Waals surface area (Å²) in [5, 5.41) is 0. The van der Waals surface area contributed by atoms with Crippen molar-refractivity contribution in [2.24, 2.45) is 0 Å². The summed E-state index contributed by atoms with van der Waals surface area (Å²) in [4.78, 5) is 0. The van der Waals surface area contributed by atoms with Crippen molar-refractivity contribution in [3.63, 3.8) is 0 Å². The first-order chi connectivity index (χ1) is 13.7. The highest BCUT2D eigenvalue weighted by molar-refractivity contribution is 7.92. The number of hydrogen-bond donors (Lipinski definition) is 1. The van der Waals surface area contributed by atoms with Gasteiger partial charge in [-0.2, -0.15) is 0 Å². The van der Waals surface area contributed by atoms with Gasteiger partial charge in [-0.1, -0.05) is 25.1 Å². The molecule has 0 aromatic heterocycles. The Hall–Kier alpha value is -2.26. The zero-order valence-corrected chi connectivity index (χ0v) is 18.2. The zero-order chi connectivity index (χ0) is 21.1. The maximum Gasteiger partial charge on any atom is 0.236 e. The third-order valence-electron chi connectivity index (χ3n) is 4.75. The minimum Gasteiger partial charge on any atom is -0.497 e. The van der Waals surface area contributed by atoms with E-state index >= 15 is 0 Å². The average molecular weight is 439 g/mol. The van der Waals surface area contributed by atoms with Gasteiger partial charge in [-0.3, -0.25) is 9.03 Å². The van der Waals surface area contributed by atoms with E-state index in [1.807, 2.05) is 6.92 Å². The Labute approximate surface area is 172 Å². The Morgan fingerprint density at radius 3 is 2.45 bits per heavy atom. The van der Waals surface area contributed by atoms with Crippen LogP contribution < -0.4 is 13.8 Å². The highest BCUT2D eigenvalue weighted by Crippen LogP contribution is 2.32. The number of aryl methyl sites for hydroxylation is 1. The Balaban J connectivity index is 1.82. The molecule has 0 saturated carbocycles. The summed E-state index contributed by atoms with van der Waals surface area (Å²) in [6.45, 7) is 2.24. The van der Waals surface area contributed by atoms with Gasteiger partial charge in [0.05, 0.1) is 30.0 Å². The third kappa shape index (κ3) is 5.22. The van der Waals surface area contributed by atoms with Crippen LogP contribution >= 0.6 is 0 Å². The molecule has 0 bridgehead atoms. The number of nitrogens with one attached hydrogen (secondary N) is 1. The molecule has 1 N–H and O–H groups in total. The van der Waals surface area contributed by atoms with Crippen molar-refractivity contribution in [1.82, 2.24) is 0 Å². The Bertz CT molecular complexity index is 1060. The largest absolute Gasteiger partial charge is 0.497 e. The molecule has 2 aromatic rings. The van der Waals surface area contributed by atoms with Crippen LogP contribution in [0.15, 0.2) is 42.5 Å². The number of methoxy groups -OCH3 is 1. The van der Waals surface area contributed by atoms with Crippen molar-refractivity contribution in [2.75, 3.05) is 28.4 Å². The summed E-state index contributed by atoms with van der Waals surface area (Å²) in [5.41, 5.74) is 2.46. The molecule has 0 spiro atoms. The molecule has 9 heteroatoms.